The fourth-order valence-corrected chi connectivity index (χ4v) is 3.21. The molecule has 0 unspecified atom stereocenters. The van der Waals surface area contributed by atoms with Crippen LogP contribution in [0.5, 0.6) is 0 Å². The van der Waals surface area contributed by atoms with E-state index in [4.69, 9.17) is 0 Å². The van der Waals surface area contributed by atoms with Crippen LogP contribution >= 0.6 is 0 Å². The largest absolute Gasteiger partial charge is 0.357 e. The zero-order valence-electron chi connectivity index (χ0n) is 14.8. The van der Waals surface area contributed by atoms with Crippen LogP contribution in [0.2, 0.25) is 0 Å². The van der Waals surface area contributed by atoms with Gasteiger partial charge >= 0.3 is 0 Å². The summed E-state index contributed by atoms with van der Waals surface area (Å²) in [6.45, 7) is 4.88. The predicted molar refractivity (Wildman–Crippen MR) is 99.9 cm³/mol. The van der Waals surface area contributed by atoms with Gasteiger partial charge in [0.1, 0.15) is 16.9 Å². The van der Waals surface area contributed by atoms with Gasteiger partial charge in [-0.2, -0.15) is 15.4 Å². The third-order valence-corrected chi connectivity index (χ3v) is 4.95. The van der Waals surface area contributed by atoms with E-state index >= 15 is 0 Å². The van der Waals surface area contributed by atoms with Gasteiger partial charge in [0.25, 0.3) is 5.91 Å². The molecule has 26 heavy (non-hydrogen) atoms. The first-order chi connectivity index (χ1) is 12.7. The minimum atomic E-state index is -0.135. The van der Waals surface area contributed by atoms with Crippen LogP contribution in [0.25, 0.3) is 11.0 Å². The summed E-state index contributed by atoms with van der Waals surface area (Å²) in [6.07, 6.45) is 4.28. The van der Waals surface area contributed by atoms with Crippen LogP contribution in [0.3, 0.4) is 0 Å². The molecule has 0 saturated carbocycles. The molecule has 0 aliphatic carbocycles. The minimum Gasteiger partial charge on any atom is -0.357 e. The van der Waals surface area contributed by atoms with Gasteiger partial charge in [-0.05, 0) is 48.6 Å². The summed E-state index contributed by atoms with van der Waals surface area (Å²) in [6, 6.07) is 9.33. The van der Waals surface area contributed by atoms with Gasteiger partial charge in [-0.3, -0.25) is 4.79 Å². The number of carbonyl (C=O) groups excluding carboxylic acids is 1. The second kappa shape index (κ2) is 7.11. The molecule has 1 aliphatic rings. The summed E-state index contributed by atoms with van der Waals surface area (Å²) >= 11 is 0. The number of hydrogen-bond donors (Lipinski definition) is 2. The van der Waals surface area contributed by atoms with E-state index in [0.29, 0.717) is 17.6 Å². The summed E-state index contributed by atoms with van der Waals surface area (Å²) in [5.41, 5.74) is 2.97. The fraction of sp³-hybridized carbons (Fsp3) is 0.368. The van der Waals surface area contributed by atoms with E-state index in [1.165, 1.54) is 12.8 Å². The van der Waals surface area contributed by atoms with Crippen molar-refractivity contribution in [2.45, 2.75) is 26.3 Å². The van der Waals surface area contributed by atoms with Gasteiger partial charge in [0.05, 0.1) is 0 Å². The van der Waals surface area contributed by atoms with Crippen LogP contribution in [0.1, 0.15) is 35.7 Å². The number of rotatable bonds is 4. The van der Waals surface area contributed by atoms with Crippen molar-refractivity contribution in [1.29, 1.82) is 0 Å². The highest BCUT2D eigenvalue weighted by atomic mass is 16.1. The van der Waals surface area contributed by atoms with Gasteiger partial charge in [-0.1, -0.05) is 13.0 Å². The van der Waals surface area contributed by atoms with Gasteiger partial charge in [0.2, 0.25) is 0 Å². The van der Waals surface area contributed by atoms with Crippen molar-refractivity contribution in [3.63, 3.8) is 0 Å². The number of anilines is 1. The standard InChI is InChI=1S/C19H22N6O/c1-13-6-8-25(9-7-13)18-5-2-14(11-20-18)12-21-19(26)15-3-4-16-17(10-15)23-24-22-16/h2-5,10-11,13H,6-9,12H2,1H3,(H,21,26)(H,22,23,24). The lowest BCUT2D eigenvalue weighted by atomic mass is 9.99. The molecule has 134 valence electrons. The van der Waals surface area contributed by atoms with Gasteiger partial charge in [-0.15, -0.1) is 0 Å². The molecule has 3 heterocycles. The molecule has 1 aliphatic heterocycles. The second-order valence-corrected chi connectivity index (χ2v) is 6.90. The molecular weight excluding hydrogens is 328 g/mol. The maximum atomic E-state index is 12.3. The third kappa shape index (κ3) is 3.51. The van der Waals surface area contributed by atoms with Crippen molar-refractivity contribution in [3.8, 4) is 0 Å². The number of fused-ring (bicyclic) bond motifs is 1. The van der Waals surface area contributed by atoms with Crippen molar-refractivity contribution in [3.05, 3.63) is 47.7 Å². The lowest BCUT2D eigenvalue weighted by molar-refractivity contribution is 0.0951. The van der Waals surface area contributed by atoms with Crippen LogP contribution in [0.15, 0.2) is 36.5 Å². The SMILES string of the molecule is CC1CCN(c2ccc(CNC(=O)c3ccc4n[nH]nc4c3)cn2)CC1. The summed E-state index contributed by atoms with van der Waals surface area (Å²) in [5, 5.41) is 13.5. The lowest BCUT2D eigenvalue weighted by Gasteiger charge is -2.31. The highest BCUT2D eigenvalue weighted by Crippen LogP contribution is 2.21. The Morgan fingerprint density at radius 3 is 2.77 bits per heavy atom. The van der Waals surface area contributed by atoms with Crippen molar-refractivity contribution < 1.29 is 4.79 Å². The summed E-state index contributed by atoms with van der Waals surface area (Å²) < 4.78 is 0. The van der Waals surface area contributed by atoms with Crippen LogP contribution in [-0.4, -0.2) is 39.4 Å². The second-order valence-electron chi connectivity index (χ2n) is 6.90. The molecule has 2 aromatic heterocycles. The maximum Gasteiger partial charge on any atom is 0.251 e. The number of amides is 1. The molecule has 3 aromatic rings. The number of nitrogens with zero attached hydrogens (tertiary/aromatic N) is 4. The average Bonchev–Trinajstić information content (AvgIpc) is 3.15. The predicted octanol–water partition coefficient (Wildman–Crippen LogP) is 2.52. The van der Waals surface area contributed by atoms with E-state index in [1.807, 2.05) is 18.3 Å². The van der Waals surface area contributed by atoms with Crippen molar-refractivity contribution in [2.24, 2.45) is 5.92 Å². The Balaban J connectivity index is 1.36. The van der Waals surface area contributed by atoms with E-state index in [9.17, 15) is 4.79 Å². The van der Waals surface area contributed by atoms with Gasteiger partial charge in [-0.25, -0.2) is 4.98 Å². The quantitative estimate of drug-likeness (QED) is 0.755. The molecular formula is C19H22N6O. The number of hydrogen-bond acceptors (Lipinski definition) is 5. The normalized spacial score (nSPS) is 15.3. The fourth-order valence-electron chi connectivity index (χ4n) is 3.21. The number of benzene rings is 1. The number of pyridine rings is 1. The number of aromatic nitrogens is 4. The van der Waals surface area contributed by atoms with E-state index in [1.54, 1.807) is 18.2 Å². The zero-order valence-corrected chi connectivity index (χ0v) is 14.8. The van der Waals surface area contributed by atoms with Crippen molar-refractivity contribution in [1.82, 2.24) is 25.7 Å². The Kier molecular flexibility index (Phi) is 4.51. The van der Waals surface area contributed by atoms with Crippen LogP contribution in [0.4, 0.5) is 5.82 Å². The summed E-state index contributed by atoms with van der Waals surface area (Å²) in [7, 11) is 0. The molecule has 0 bridgehead atoms. The topological polar surface area (TPSA) is 86.8 Å². The van der Waals surface area contributed by atoms with E-state index in [2.05, 4.69) is 37.5 Å². The first kappa shape index (κ1) is 16.5. The van der Waals surface area contributed by atoms with Gasteiger partial charge in [0, 0.05) is 31.4 Å². The Labute approximate surface area is 151 Å². The molecule has 1 fully saturated rings. The van der Waals surface area contributed by atoms with Gasteiger partial charge < -0.3 is 10.2 Å². The highest BCUT2D eigenvalue weighted by Gasteiger charge is 2.16. The van der Waals surface area contributed by atoms with E-state index in [0.717, 1.165) is 35.9 Å². The summed E-state index contributed by atoms with van der Waals surface area (Å²) in [5.74, 6) is 1.68. The van der Waals surface area contributed by atoms with E-state index in [-0.39, 0.29) is 5.91 Å². The molecule has 1 amide bonds. The smallest absolute Gasteiger partial charge is 0.251 e. The first-order valence-corrected chi connectivity index (χ1v) is 8.97. The molecule has 4 rings (SSSR count). The number of nitrogens with one attached hydrogen (secondary N) is 2. The first-order valence-electron chi connectivity index (χ1n) is 8.97. The van der Waals surface area contributed by atoms with Crippen LogP contribution in [0, 0.1) is 5.92 Å². The highest BCUT2D eigenvalue weighted by molar-refractivity contribution is 5.97. The van der Waals surface area contributed by atoms with Crippen LogP contribution < -0.4 is 10.2 Å². The van der Waals surface area contributed by atoms with Crippen molar-refractivity contribution >= 4 is 22.8 Å². The minimum absolute atomic E-state index is 0.135. The Morgan fingerprint density at radius 2 is 2.00 bits per heavy atom. The molecule has 1 saturated heterocycles. The number of aromatic amines is 1. The van der Waals surface area contributed by atoms with Crippen LogP contribution in [-0.2, 0) is 6.54 Å². The molecule has 0 atom stereocenters. The summed E-state index contributed by atoms with van der Waals surface area (Å²) in [4.78, 5) is 19.2. The van der Waals surface area contributed by atoms with Crippen molar-refractivity contribution in [2.75, 3.05) is 18.0 Å². The molecule has 7 heteroatoms. The molecule has 1 aromatic carbocycles. The number of carbonyl (C=O) groups is 1. The lowest BCUT2D eigenvalue weighted by Crippen LogP contribution is -2.33. The number of H-pyrrole nitrogens is 1. The number of piperidine rings is 1. The van der Waals surface area contributed by atoms with Gasteiger partial charge in [0.15, 0.2) is 0 Å². The zero-order chi connectivity index (χ0) is 17.9. The Morgan fingerprint density at radius 1 is 1.19 bits per heavy atom. The Hall–Kier alpha value is -2.96. The third-order valence-electron chi connectivity index (χ3n) is 4.95. The maximum absolute atomic E-state index is 12.3. The average molecular weight is 350 g/mol. The molecule has 0 spiro atoms. The Bertz CT molecular complexity index is 896. The molecule has 7 nitrogen and oxygen atoms in total. The molecule has 0 radical (unpaired) electrons. The van der Waals surface area contributed by atoms with E-state index < -0.39 is 0 Å². The monoisotopic (exact) mass is 350 g/mol. The molecule has 2 N–H and O–H groups in total.